The number of para-hydroxylation sites is 1. The fourth-order valence-corrected chi connectivity index (χ4v) is 3.22. The molecular formula is C23H22N2O5. The molecule has 0 unspecified atom stereocenters. The molecule has 30 heavy (non-hydrogen) atoms. The highest BCUT2D eigenvalue weighted by Crippen LogP contribution is 2.32. The van der Waals surface area contributed by atoms with E-state index in [2.05, 4.69) is 5.32 Å². The number of ether oxygens (including phenoxy) is 2. The van der Waals surface area contributed by atoms with Crippen molar-refractivity contribution in [3.05, 3.63) is 78.3 Å². The summed E-state index contributed by atoms with van der Waals surface area (Å²) in [4.78, 5) is 26.9. The van der Waals surface area contributed by atoms with Gasteiger partial charge in [0, 0.05) is 12.1 Å². The van der Waals surface area contributed by atoms with E-state index in [-0.39, 0.29) is 38.1 Å². The van der Waals surface area contributed by atoms with Gasteiger partial charge in [0.1, 0.15) is 12.3 Å². The number of benzene rings is 2. The molecule has 1 N–H and O–H groups in total. The molecule has 0 saturated heterocycles. The fraction of sp³-hybridized carbons (Fsp3) is 0.217. The van der Waals surface area contributed by atoms with Gasteiger partial charge in [-0.25, -0.2) is 0 Å². The molecular weight excluding hydrogens is 384 g/mol. The van der Waals surface area contributed by atoms with Gasteiger partial charge in [0.2, 0.25) is 18.6 Å². The molecule has 1 aliphatic rings. The third-order valence-corrected chi connectivity index (χ3v) is 4.74. The van der Waals surface area contributed by atoms with Gasteiger partial charge < -0.3 is 24.1 Å². The molecule has 0 atom stereocenters. The monoisotopic (exact) mass is 406 g/mol. The number of furan rings is 1. The van der Waals surface area contributed by atoms with E-state index in [1.165, 1.54) is 4.90 Å². The van der Waals surface area contributed by atoms with Crippen molar-refractivity contribution in [2.24, 2.45) is 0 Å². The Bertz CT molecular complexity index is 1000. The van der Waals surface area contributed by atoms with E-state index in [1.54, 1.807) is 30.5 Å². The van der Waals surface area contributed by atoms with Crippen LogP contribution in [0.4, 0.5) is 5.69 Å². The van der Waals surface area contributed by atoms with Crippen molar-refractivity contribution in [2.45, 2.75) is 19.4 Å². The van der Waals surface area contributed by atoms with E-state index in [0.29, 0.717) is 29.4 Å². The number of rotatable bonds is 8. The highest BCUT2D eigenvalue weighted by atomic mass is 16.7. The number of aryl methyl sites for hydroxylation is 1. The van der Waals surface area contributed by atoms with Gasteiger partial charge in [-0.05, 0) is 48.4 Å². The Labute approximate surface area is 174 Å². The van der Waals surface area contributed by atoms with Crippen molar-refractivity contribution in [3.63, 3.8) is 0 Å². The molecule has 154 valence electrons. The summed E-state index contributed by atoms with van der Waals surface area (Å²) in [6, 6.07) is 18.3. The summed E-state index contributed by atoms with van der Waals surface area (Å²) < 4.78 is 16.1. The minimum Gasteiger partial charge on any atom is -0.467 e. The predicted molar refractivity (Wildman–Crippen MR) is 110 cm³/mol. The second kappa shape index (κ2) is 9.17. The average Bonchev–Trinajstić information content (AvgIpc) is 3.43. The molecule has 0 saturated carbocycles. The first-order valence-corrected chi connectivity index (χ1v) is 9.71. The molecule has 7 nitrogen and oxygen atoms in total. The Morgan fingerprint density at radius 3 is 2.60 bits per heavy atom. The average molecular weight is 406 g/mol. The zero-order valence-corrected chi connectivity index (χ0v) is 16.4. The van der Waals surface area contributed by atoms with Gasteiger partial charge in [0.25, 0.3) is 0 Å². The van der Waals surface area contributed by atoms with Crippen LogP contribution in [0.15, 0.2) is 71.3 Å². The second-order valence-electron chi connectivity index (χ2n) is 6.93. The number of nitrogens with one attached hydrogen (secondary N) is 1. The summed E-state index contributed by atoms with van der Waals surface area (Å²) in [6.45, 7) is 0.385. The lowest BCUT2D eigenvalue weighted by Crippen LogP contribution is -2.37. The maximum absolute atomic E-state index is 12.9. The number of anilines is 1. The molecule has 3 aromatic rings. The van der Waals surface area contributed by atoms with Crippen molar-refractivity contribution in [2.75, 3.05) is 18.7 Å². The summed E-state index contributed by atoms with van der Waals surface area (Å²) in [6.07, 6.45) is 2.35. The van der Waals surface area contributed by atoms with Crippen molar-refractivity contribution in [1.82, 2.24) is 4.90 Å². The number of hydrogen-bond acceptors (Lipinski definition) is 5. The number of amides is 2. The van der Waals surface area contributed by atoms with Gasteiger partial charge >= 0.3 is 0 Å². The number of hydrogen-bond donors (Lipinski definition) is 1. The first-order chi connectivity index (χ1) is 14.7. The standard InChI is InChI=1S/C23H22N2O5/c26-22(24-18-5-2-1-3-6-18)15-25(14-19-7-4-12-28-19)23(27)11-9-17-8-10-20-21(13-17)30-16-29-20/h1-8,10,12-13H,9,11,14-16H2,(H,24,26). The van der Waals surface area contributed by atoms with Crippen LogP contribution in [0.2, 0.25) is 0 Å². The van der Waals surface area contributed by atoms with Gasteiger partial charge in [-0.3, -0.25) is 9.59 Å². The van der Waals surface area contributed by atoms with Crippen LogP contribution in [-0.2, 0) is 22.6 Å². The summed E-state index contributed by atoms with van der Waals surface area (Å²) in [5, 5.41) is 2.82. The highest BCUT2D eigenvalue weighted by Gasteiger charge is 2.20. The molecule has 0 aliphatic carbocycles. The van der Waals surface area contributed by atoms with E-state index in [9.17, 15) is 9.59 Å². The zero-order valence-electron chi connectivity index (χ0n) is 16.4. The van der Waals surface area contributed by atoms with Crippen molar-refractivity contribution >= 4 is 17.5 Å². The summed E-state index contributed by atoms with van der Waals surface area (Å²) in [7, 11) is 0. The van der Waals surface area contributed by atoms with Crippen LogP contribution < -0.4 is 14.8 Å². The maximum atomic E-state index is 12.9. The smallest absolute Gasteiger partial charge is 0.244 e. The minimum absolute atomic E-state index is 0.0600. The van der Waals surface area contributed by atoms with Crippen molar-refractivity contribution < 1.29 is 23.5 Å². The van der Waals surface area contributed by atoms with Gasteiger partial charge in [-0.2, -0.15) is 0 Å². The number of carbonyl (C=O) groups is 2. The molecule has 7 heteroatoms. The summed E-state index contributed by atoms with van der Waals surface area (Å²) in [5.41, 5.74) is 1.66. The van der Waals surface area contributed by atoms with E-state index in [0.717, 1.165) is 5.56 Å². The molecule has 1 aliphatic heterocycles. The number of carbonyl (C=O) groups excluding carboxylic acids is 2. The topological polar surface area (TPSA) is 81.0 Å². The third-order valence-electron chi connectivity index (χ3n) is 4.74. The van der Waals surface area contributed by atoms with Gasteiger partial charge in [-0.15, -0.1) is 0 Å². The van der Waals surface area contributed by atoms with Crippen LogP contribution in [0, 0.1) is 0 Å². The molecule has 2 aromatic carbocycles. The maximum Gasteiger partial charge on any atom is 0.244 e. The summed E-state index contributed by atoms with van der Waals surface area (Å²) >= 11 is 0. The van der Waals surface area contributed by atoms with Crippen LogP contribution in [0.5, 0.6) is 11.5 Å². The van der Waals surface area contributed by atoms with Gasteiger partial charge in [-0.1, -0.05) is 24.3 Å². The lowest BCUT2D eigenvalue weighted by atomic mass is 10.1. The van der Waals surface area contributed by atoms with E-state index >= 15 is 0 Å². The second-order valence-corrected chi connectivity index (χ2v) is 6.93. The number of fused-ring (bicyclic) bond motifs is 1. The molecule has 2 heterocycles. The van der Waals surface area contributed by atoms with Gasteiger partial charge in [0.15, 0.2) is 11.5 Å². The normalized spacial score (nSPS) is 11.9. The molecule has 1 aromatic heterocycles. The molecule has 0 spiro atoms. The van der Waals surface area contributed by atoms with Gasteiger partial charge in [0.05, 0.1) is 12.8 Å². The zero-order chi connectivity index (χ0) is 20.8. The van der Waals surface area contributed by atoms with Crippen LogP contribution in [0.3, 0.4) is 0 Å². The molecule has 2 amide bonds. The van der Waals surface area contributed by atoms with E-state index in [1.807, 2.05) is 36.4 Å². The molecule has 0 fully saturated rings. The Balaban J connectivity index is 1.39. The summed E-state index contributed by atoms with van der Waals surface area (Å²) in [5.74, 6) is 1.63. The van der Waals surface area contributed by atoms with Crippen LogP contribution in [0.1, 0.15) is 17.7 Å². The first-order valence-electron chi connectivity index (χ1n) is 9.71. The lowest BCUT2D eigenvalue weighted by molar-refractivity contribution is -0.135. The Hall–Kier alpha value is -3.74. The predicted octanol–water partition coefficient (Wildman–Crippen LogP) is 3.61. The third kappa shape index (κ3) is 5.00. The molecule has 0 bridgehead atoms. The molecule has 4 rings (SSSR count). The number of nitrogens with zero attached hydrogens (tertiary/aromatic N) is 1. The van der Waals surface area contributed by atoms with Crippen LogP contribution in [0.25, 0.3) is 0 Å². The molecule has 0 radical (unpaired) electrons. The Kier molecular flexibility index (Phi) is 5.98. The first kappa shape index (κ1) is 19.6. The SMILES string of the molecule is O=C(CN(Cc1ccco1)C(=O)CCc1ccc2c(c1)OCO2)Nc1ccccc1. The van der Waals surface area contributed by atoms with Crippen LogP contribution >= 0.6 is 0 Å². The van der Waals surface area contributed by atoms with Crippen molar-refractivity contribution in [1.29, 1.82) is 0 Å². The largest absolute Gasteiger partial charge is 0.467 e. The Morgan fingerprint density at radius 2 is 1.80 bits per heavy atom. The van der Waals surface area contributed by atoms with Crippen LogP contribution in [-0.4, -0.2) is 30.1 Å². The van der Waals surface area contributed by atoms with Crippen molar-refractivity contribution in [3.8, 4) is 11.5 Å². The lowest BCUT2D eigenvalue weighted by Gasteiger charge is -2.21. The minimum atomic E-state index is -0.260. The highest BCUT2D eigenvalue weighted by molar-refractivity contribution is 5.94. The Morgan fingerprint density at radius 1 is 0.967 bits per heavy atom. The van der Waals surface area contributed by atoms with E-state index < -0.39 is 0 Å². The fourth-order valence-electron chi connectivity index (χ4n) is 3.22. The van der Waals surface area contributed by atoms with E-state index in [4.69, 9.17) is 13.9 Å². The quantitative estimate of drug-likeness (QED) is 0.618.